The smallest absolute Gasteiger partial charge is 0.419 e. The van der Waals surface area contributed by atoms with Gasteiger partial charge in [-0.2, -0.15) is 21.6 Å². The summed E-state index contributed by atoms with van der Waals surface area (Å²) in [6.07, 6.45) is -2.63. The van der Waals surface area contributed by atoms with Gasteiger partial charge in [0.05, 0.1) is 23.3 Å². The van der Waals surface area contributed by atoms with Gasteiger partial charge in [-0.25, -0.2) is 4.79 Å². The number of esters is 1. The average Bonchev–Trinajstić information content (AvgIpc) is 3.21. The minimum atomic E-state index is -4.70. The van der Waals surface area contributed by atoms with Crippen LogP contribution in [-0.4, -0.2) is 49.1 Å². The number of carbonyl (C=O) groups is 1. The highest BCUT2D eigenvalue weighted by molar-refractivity contribution is 7.85. The van der Waals surface area contributed by atoms with Gasteiger partial charge in [0.2, 0.25) is 0 Å². The number of halogens is 3. The Morgan fingerprint density at radius 1 is 1.34 bits per heavy atom. The van der Waals surface area contributed by atoms with Crippen molar-refractivity contribution in [2.75, 3.05) is 12.4 Å². The molecular formula is C18H21F3O7S. The van der Waals surface area contributed by atoms with E-state index in [1.54, 1.807) is 0 Å². The molecule has 2 bridgehead atoms. The molecule has 1 aromatic rings. The molecule has 3 rings (SSSR count). The minimum absolute atomic E-state index is 0.0529. The van der Waals surface area contributed by atoms with E-state index in [-0.39, 0.29) is 17.8 Å². The van der Waals surface area contributed by atoms with Crippen LogP contribution in [0.5, 0.6) is 5.75 Å². The summed E-state index contributed by atoms with van der Waals surface area (Å²) >= 11 is 0. The highest BCUT2D eigenvalue weighted by atomic mass is 32.2. The van der Waals surface area contributed by atoms with Gasteiger partial charge in [-0.1, -0.05) is 6.92 Å². The van der Waals surface area contributed by atoms with Gasteiger partial charge >= 0.3 is 12.1 Å². The molecule has 0 saturated carbocycles. The van der Waals surface area contributed by atoms with Crippen molar-refractivity contribution in [1.82, 2.24) is 0 Å². The van der Waals surface area contributed by atoms with Crippen molar-refractivity contribution in [3.63, 3.8) is 0 Å². The molecule has 0 aliphatic carbocycles. The van der Waals surface area contributed by atoms with Crippen LogP contribution in [0.25, 0.3) is 0 Å². The van der Waals surface area contributed by atoms with Gasteiger partial charge in [0.15, 0.2) is 0 Å². The number of fused-ring (bicyclic) bond motifs is 2. The van der Waals surface area contributed by atoms with E-state index in [1.807, 2.05) is 6.92 Å². The highest BCUT2D eigenvalue weighted by Gasteiger charge is 2.54. The fourth-order valence-corrected chi connectivity index (χ4v) is 4.12. The molecule has 2 saturated heterocycles. The van der Waals surface area contributed by atoms with E-state index in [1.165, 1.54) is 0 Å². The summed E-state index contributed by atoms with van der Waals surface area (Å²) in [5.41, 5.74) is -2.16. The predicted molar refractivity (Wildman–Crippen MR) is 94.3 cm³/mol. The van der Waals surface area contributed by atoms with Crippen LogP contribution in [0, 0.1) is 0 Å². The van der Waals surface area contributed by atoms with Crippen molar-refractivity contribution in [3.05, 3.63) is 29.3 Å². The van der Waals surface area contributed by atoms with Gasteiger partial charge < -0.3 is 14.2 Å². The lowest BCUT2D eigenvalue weighted by Gasteiger charge is -2.36. The Kier molecular flexibility index (Phi) is 5.85. The number of rotatable bonds is 7. The van der Waals surface area contributed by atoms with E-state index in [4.69, 9.17) is 18.8 Å². The van der Waals surface area contributed by atoms with Crippen LogP contribution in [0.3, 0.4) is 0 Å². The summed E-state index contributed by atoms with van der Waals surface area (Å²) in [5.74, 6) is -2.34. The maximum Gasteiger partial charge on any atom is 0.419 e. The Labute approximate surface area is 165 Å². The van der Waals surface area contributed by atoms with E-state index >= 15 is 0 Å². The third-order valence-electron chi connectivity index (χ3n) is 5.28. The lowest BCUT2D eigenvalue weighted by atomic mass is 9.82. The highest BCUT2D eigenvalue weighted by Crippen LogP contribution is 2.48. The molecule has 0 radical (unpaired) electrons. The standard InChI is InChI=1S/C18H21F3O7S/c1-2-17(10-12-4-6-15(17)27-12)28-14-9-11(3-5-13(14)18(19,20)21)16(22)26-7-8-29(23,24)25/h3,5,9,12,15H,2,4,6-8,10H2,1H3,(H,23,24,25). The molecule has 1 aromatic carbocycles. The van der Waals surface area contributed by atoms with Crippen LogP contribution >= 0.6 is 0 Å². The second-order valence-electron chi connectivity index (χ2n) is 7.18. The zero-order valence-electron chi connectivity index (χ0n) is 15.6. The largest absolute Gasteiger partial charge is 0.484 e. The van der Waals surface area contributed by atoms with E-state index in [0.717, 1.165) is 24.6 Å². The summed E-state index contributed by atoms with van der Waals surface area (Å²) in [4.78, 5) is 12.1. The van der Waals surface area contributed by atoms with Gasteiger partial charge in [0.1, 0.15) is 23.7 Å². The van der Waals surface area contributed by atoms with Crippen molar-refractivity contribution >= 4 is 16.1 Å². The van der Waals surface area contributed by atoms with Gasteiger partial charge in [-0.05, 0) is 37.5 Å². The van der Waals surface area contributed by atoms with E-state index < -0.39 is 51.5 Å². The number of hydrogen-bond acceptors (Lipinski definition) is 6. The minimum Gasteiger partial charge on any atom is -0.484 e. The molecule has 2 aliphatic rings. The van der Waals surface area contributed by atoms with Crippen molar-refractivity contribution in [1.29, 1.82) is 0 Å². The molecule has 162 valence electrons. The van der Waals surface area contributed by atoms with Gasteiger partial charge in [-0.15, -0.1) is 0 Å². The van der Waals surface area contributed by atoms with Crippen molar-refractivity contribution in [2.45, 2.75) is 56.6 Å². The number of ether oxygens (including phenoxy) is 3. The zero-order chi connectivity index (χ0) is 21.4. The molecule has 29 heavy (non-hydrogen) atoms. The lowest BCUT2D eigenvalue weighted by Crippen LogP contribution is -2.45. The first-order valence-electron chi connectivity index (χ1n) is 9.11. The first-order valence-corrected chi connectivity index (χ1v) is 10.7. The van der Waals surface area contributed by atoms with Crippen LogP contribution in [0.2, 0.25) is 0 Å². The fourth-order valence-electron chi connectivity index (χ4n) is 3.82. The molecule has 3 atom stereocenters. The summed E-state index contributed by atoms with van der Waals surface area (Å²) in [6, 6.07) is 2.61. The van der Waals surface area contributed by atoms with Crippen LogP contribution in [0.1, 0.15) is 48.5 Å². The molecular weight excluding hydrogens is 417 g/mol. The predicted octanol–water partition coefficient (Wildman–Crippen LogP) is 3.23. The second-order valence-corrected chi connectivity index (χ2v) is 8.75. The third kappa shape index (κ3) is 4.84. The Bertz CT molecular complexity index is 884. The molecule has 2 heterocycles. The van der Waals surface area contributed by atoms with Gasteiger partial charge in [-0.3, -0.25) is 4.55 Å². The molecule has 0 spiro atoms. The van der Waals surface area contributed by atoms with Crippen LogP contribution in [0.15, 0.2) is 18.2 Å². The maximum atomic E-state index is 13.5. The Morgan fingerprint density at radius 3 is 2.59 bits per heavy atom. The summed E-state index contributed by atoms with van der Waals surface area (Å²) < 4.78 is 86.8. The molecule has 7 nitrogen and oxygen atoms in total. The number of carbonyl (C=O) groups excluding carboxylic acids is 1. The lowest BCUT2D eigenvalue weighted by molar-refractivity contribution is -0.140. The zero-order valence-corrected chi connectivity index (χ0v) is 16.4. The second kappa shape index (κ2) is 7.77. The SMILES string of the molecule is CCC1(Oc2cc(C(=O)OCCS(=O)(=O)O)ccc2C(F)(F)F)CC2CCC1O2. The van der Waals surface area contributed by atoms with E-state index in [0.29, 0.717) is 19.3 Å². The number of benzene rings is 1. The fraction of sp³-hybridized carbons (Fsp3) is 0.611. The van der Waals surface area contributed by atoms with E-state index in [2.05, 4.69) is 0 Å². The number of alkyl halides is 3. The van der Waals surface area contributed by atoms with Gasteiger partial charge in [0, 0.05) is 6.42 Å². The first kappa shape index (κ1) is 21.8. The maximum absolute atomic E-state index is 13.5. The van der Waals surface area contributed by atoms with Crippen LogP contribution in [-0.2, 0) is 25.8 Å². The average molecular weight is 438 g/mol. The molecule has 0 aromatic heterocycles. The van der Waals surface area contributed by atoms with Crippen LogP contribution < -0.4 is 4.74 Å². The van der Waals surface area contributed by atoms with Crippen molar-refractivity contribution in [3.8, 4) is 5.75 Å². The summed E-state index contributed by atoms with van der Waals surface area (Å²) in [7, 11) is -4.33. The normalized spacial score (nSPS) is 26.5. The summed E-state index contributed by atoms with van der Waals surface area (Å²) in [5, 5.41) is 0. The summed E-state index contributed by atoms with van der Waals surface area (Å²) in [6.45, 7) is 1.18. The first-order chi connectivity index (χ1) is 13.4. The van der Waals surface area contributed by atoms with Gasteiger partial charge in [0.25, 0.3) is 10.1 Å². The van der Waals surface area contributed by atoms with Crippen molar-refractivity contribution in [2.24, 2.45) is 0 Å². The Hall–Kier alpha value is -1.85. The quantitative estimate of drug-likeness (QED) is 0.515. The molecule has 2 aliphatic heterocycles. The Morgan fingerprint density at radius 2 is 2.07 bits per heavy atom. The molecule has 1 N–H and O–H groups in total. The topological polar surface area (TPSA) is 99.1 Å². The number of hydrogen-bond donors (Lipinski definition) is 1. The van der Waals surface area contributed by atoms with Crippen LogP contribution in [0.4, 0.5) is 13.2 Å². The molecule has 3 unspecified atom stereocenters. The third-order valence-corrected chi connectivity index (χ3v) is 5.96. The monoisotopic (exact) mass is 438 g/mol. The van der Waals surface area contributed by atoms with Crippen molar-refractivity contribution < 1.29 is 45.1 Å². The molecule has 11 heteroatoms. The Balaban J connectivity index is 1.86. The molecule has 0 amide bonds. The molecule has 2 fully saturated rings. The van der Waals surface area contributed by atoms with E-state index in [9.17, 15) is 26.4 Å².